The highest BCUT2D eigenvalue weighted by Crippen LogP contribution is 2.25. The molecule has 0 saturated carbocycles. The second kappa shape index (κ2) is 4.53. The van der Waals surface area contributed by atoms with Crippen molar-refractivity contribution in [2.24, 2.45) is 0 Å². The molecule has 0 radical (unpaired) electrons. The minimum atomic E-state index is -0.409. The number of pyridine rings is 1. The van der Waals surface area contributed by atoms with Crippen LogP contribution in [0.25, 0.3) is 11.1 Å². The van der Waals surface area contributed by atoms with Crippen LogP contribution in [0.2, 0.25) is 0 Å². The van der Waals surface area contributed by atoms with Crippen LogP contribution < -0.4 is 0 Å². The van der Waals surface area contributed by atoms with E-state index in [4.69, 9.17) is 0 Å². The van der Waals surface area contributed by atoms with E-state index in [2.05, 4.69) is 20.9 Å². The zero-order valence-corrected chi connectivity index (χ0v) is 9.54. The smallest absolute Gasteiger partial charge is 0.217 e. The van der Waals surface area contributed by atoms with Gasteiger partial charge in [-0.25, -0.2) is 4.98 Å². The number of nitrogens with zero attached hydrogens (tertiary/aromatic N) is 1. The molecule has 0 N–H and O–H groups in total. The van der Waals surface area contributed by atoms with Gasteiger partial charge in [0.15, 0.2) is 0 Å². The van der Waals surface area contributed by atoms with E-state index in [0.717, 1.165) is 11.1 Å². The van der Waals surface area contributed by atoms with E-state index >= 15 is 0 Å². The number of halogens is 2. The second-order valence-corrected chi connectivity index (χ2v) is 3.69. The molecule has 0 fully saturated rings. The van der Waals surface area contributed by atoms with Crippen molar-refractivity contribution in [2.45, 2.75) is 5.33 Å². The Labute approximate surface area is 96.1 Å². The van der Waals surface area contributed by atoms with Gasteiger partial charge in [-0.15, -0.1) is 0 Å². The number of aromatic nitrogens is 1. The zero-order chi connectivity index (χ0) is 10.7. The molecule has 0 aliphatic rings. The highest BCUT2D eigenvalue weighted by atomic mass is 79.9. The third kappa shape index (κ3) is 2.07. The molecule has 0 unspecified atom stereocenters. The van der Waals surface area contributed by atoms with Crippen LogP contribution in [-0.4, -0.2) is 4.98 Å². The summed E-state index contributed by atoms with van der Waals surface area (Å²) in [7, 11) is 0. The first kappa shape index (κ1) is 10.3. The molecular weight excluding hydrogens is 257 g/mol. The molecule has 15 heavy (non-hydrogen) atoms. The fourth-order valence-electron chi connectivity index (χ4n) is 1.48. The molecule has 0 atom stereocenters. The SMILES string of the molecule is Fc1nccc(-c2ccccc2)c1CBr. The Morgan fingerprint density at radius 2 is 1.87 bits per heavy atom. The Hall–Kier alpha value is -1.22. The molecular formula is C12H9BrFN. The lowest BCUT2D eigenvalue weighted by atomic mass is 10.0. The third-order valence-electron chi connectivity index (χ3n) is 2.22. The fourth-order valence-corrected chi connectivity index (χ4v) is 2.02. The molecule has 0 aliphatic carbocycles. The molecule has 1 nitrogen and oxygen atoms in total. The summed E-state index contributed by atoms with van der Waals surface area (Å²) in [5.74, 6) is -0.409. The highest BCUT2D eigenvalue weighted by molar-refractivity contribution is 9.08. The monoisotopic (exact) mass is 265 g/mol. The summed E-state index contributed by atoms with van der Waals surface area (Å²) in [6, 6.07) is 11.6. The molecule has 1 heterocycles. The van der Waals surface area contributed by atoms with E-state index in [0.29, 0.717) is 10.9 Å². The Kier molecular flexibility index (Phi) is 3.11. The first-order valence-electron chi connectivity index (χ1n) is 4.57. The summed E-state index contributed by atoms with van der Waals surface area (Å²) in [5.41, 5.74) is 2.50. The van der Waals surface area contributed by atoms with Crippen molar-refractivity contribution < 1.29 is 4.39 Å². The van der Waals surface area contributed by atoms with Crippen molar-refractivity contribution in [2.75, 3.05) is 0 Å². The van der Waals surface area contributed by atoms with Gasteiger partial charge in [-0.2, -0.15) is 4.39 Å². The van der Waals surface area contributed by atoms with Crippen LogP contribution in [0, 0.1) is 5.95 Å². The lowest BCUT2D eigenvalue weighted by Crippen LogP contribution is -1.94. The molecule has 0 amide bonds. The zero-order valence-electron chi connectivity index (χ0n) is 7.95. The van der Waals surface area contributed by atoms with Crippen molar-refractivity contribution in [3.63, 3.8) is 0 Å². The topological polar surface area (TPSA) is 12.9 Å². The minimum absolute atomic E-state index is 0.409. The predicted molar refractivity (Wildman–Crippen MR) is 62.3 cm³/mol. The highest BCUT2D eigenvalue weighted by Gasteiger charge is 2.09. The van der Waals surface area contributed by atoms with Gasteiger partial charge in [-0.05, 0) is 17.2 Å². The van der Waals surface area contributed by atoms with Gasteiger partial charge in [0.2, 0.25) is 5.95 Å². The largest absolute Gasteiger partial charge is 0.228 e. The second-order valence-electron chi connectivity index (χ2n) is 3.13. The maximum absolute atomic E-state index is 13.4. The first-order chi connectivity index (χ1) is 7.33. The summed E-state index contributed by atoms with van der Waals surface area (Å²) in [6.07, 6.45) is 1.49. The van der Waals surface area contributed by atoms with Gasteiger partial charge in [0.25, 0.3) is 0 Å². The number of hydrogen-bond acceptors (Lipinski definition) is 1. The molecule has 0 aliphatic heterocycles. The van der Waals surface area contributed by atoms with Crippen molar-refractivity contribution in [1.29, 1.82) is 0 Å². The Morgan fingerprint density at radius 3 is 2.53 bits per heavy atom. The van der Waals surface area contributed by atoms with E-state index in [-0.39, 0.29) is 0 Å². The summed E-state index contributed by atoms with van der Waals surface area (Å²) >= 11 is 3.28. The molecule has 76 valence electrons. The van der Waals surface area contributed by atoms with Crippen LogP contribution in [0.3, 0.4) is 0 Å². The summed E-state index contributed by atoms with van der Waals surface area (Å²) < 4.78 is 13.4. The molecule has 1 aromatic heterocycles. The summed E-state index contributed by atoms with van der Waals surface area (Å²) in [4.78, 5) is 3.64. The van der Waals surface area contributed by atoms with Gasteiger partial charge >= 0.3 is 0 Å². The average molecular weight is 266 g/mol. The van der Waals surface area contributed by atoms with Gasteiger partial charge in [-0.1, -0.05) is 46.3 Å². The fraction of sp³-hybridized carbons (Fsp3) is 0.0833. The molecule has 3 heteroatoms. The van der Waals surface area contributed by atoms with Crippen LogP contribution >= 0.6 is 15.9 Å². The number of rotatable bonds is 2. The van der Waals surface area contributed by atoms with Crippen molar-refractivity contribution in [3.05, 3.63) is 54.1 Å². The lowest BCUT2D eigenvalue weighted by molar-refractivity contribution is 0.574. The predicted octanol–water partition coefficient (Wildman–Crippen LogP) is 3.78. The van der Waals surface area contributed by atoms with E-state index in [1.165, 1.54) is 6.20 Å². The quantitative estimate of drug-likeness (QED) is 0.595. The maximum Gasteiger partial charge on any atom is 0.217 e. The number of alkyl halides is 1. The van der Waals surface area contributed by atoms with E-state index < -0.39 is 5.95 Å². The Bertz CT molecular complexity index is 456. The van der Waals surface area contributed by atoms with E-state index in [1.54, 1.807) is 0 Å². The van der Waals surface area contributed by atoms with Gasteiger partial charge in [-0.3, -0.25) is 0 Å². The number of benzene rings is 1. The van der Waals surface area contributed by atoms with Crippen LogP contribution in [0.5, 0.6) is 0 Å². The van der Waals surface area contributed by atoms with E-state index in [1.807, 2.05) is 36.4 Å². The van der Waals surface area contributed by atoms with E-state index in [9.17, 15) is 4.39 Å². The van der Waals surface area contributed by atoms with Crippen LogP contribution in [-0.2, 0) is 5.33 Å². The minimum Gasteiger partial charge on any atom is -0.228 e. The van der Waals surface area contributed by atoms with Gasteiger partial charge in [0.1, 0.15) is 0 Å². The number of hydrogen-bond donors (Lipinski definition) is 0. The molecule has 1 aromatic carbocycles. The summed E-state index contributed by atoms with van der Waals surface area (Å²) in [5, 5.41) is 0.469. The Morgan fingerprint density at radius 1 is 1.13 bits per heavy atom. The molecule has 2 rings (SSSR count). The molecule has 0 bridgehead atoms. The first-order valence-corrected chi connectivity index (χ1v) is 5.70. The Balaban J connectivity index is 2.58. The van der Waals surface area contributed by atoms with Crippen molar-refractivity contribution in [3.8, 4) is 11.1 Å². The van der Waals surface area contributed by atoms with Crippen LogP contribution in [0.15, 0.2) is 42.6 Å². The molecule has 0 saturated heterocycles. The van der Waals surface area contributed by atoms with Gasteiger partial charge in [0, 0.05) is 17.1 Å². The van der Waals surface area contributed by atoms with Crippen LogP contribution in [0.1, 0.15) is 5.56 Å². The van der Waals surface area contributed by atoms with Crippen molar-refractivity contribution in [1.82, 2.24) is 4.98 Å². The molecule has 2 aromatic rings. The average Bonchev–Trinajstić information content (AvgIpc) is 2.30. The third-order valence-corrected chi connectivity index (χ3v) is 2.78. The normalized spacial score (nSPS) is 10.3. The molecule has 0 spiro atoms. The lowest BCUT2D eigenvalue weighted by Gasteiger charge is -2.07. The van der Waals surface area contributed by atoms with Gasteiger partial charge < -0.3 is 0 Å². The maximum atomic E-state index is 13.4. The standard InChI is InChI=1S/C12H9BrFN/c13-8-11-10(6-7-15-12(11)14)9-4-2-1-3-5-9/h1-7H,8H2. The summed E-state index contributed by atoms with van der Waals surface area (Å²) in [6.45, 7) is 0. The van der Waals surface area contributed by atoms with Gasteiger partial charge in [0.05, 0.1) is 0 Å². The van der Waals surface area contributed by atoms with Crippen molar-refractivity contribution >= 4 is 15.9 Å². The van der Waals surface area contributed by atoms with Crippen LogP contribution in [0.4, 0.5) is 4.39 Å².